The number of nitrogens with one attached hydrogen (secondary N) is 1. The number of hydrogen-bond acceptors (Lipinski definition) is 4. The van der Waals surface area contributed by atoms with E-state index in [2.05, 4.69) is 20.4 Å². The molecule has 0 aliphatic carbocycles. The first kappa shape index (κ1) is 12.6. The molecule has 6 nitrogen and oxygen atoms in total. The van der Waals surface area contributed by atoms with Gasteiger partial charge in [0.1, 0.15) is 0 Å². The fraction of sp³-hybridized carbons (Fsp3) is 0.333. The van der Waals surface area contributed by atoms with Gasteiger partial charge < -0.3 is 0 Å². The zero-order chi connectivity index (χ0) is 13.3. The van der Waals surface area contributed by atoms with Gasteiger partial charge in [-0.15, -0.1) is 0 Å². The molecule has 0 aliphatic heterocycles. The number of aromatic nitrogens is 5. The minimum atomic E-state index is -2.75. The summed E-state index contributed by atoms with van der Waals surface area (Å²) >= 11 is 4.82. The standard InChI is InChI=1S/C9H10F2N6S/c1-5-6(4-16(2)15-5)3-12-17-8(7(10)11)13-14-9(17)18/h3-4,7H,1-2H3,(H,14,18). The molecule has 0 aliphatic rings. The van der Waals surface area contributed by atoms with Crippen molar-refractivity contribution in [3.63, 3.8) is 0 Å². The maximum atomic E-state index is 12.6. The Bertz CT molecular complexity index is 638. The van der Waals surface area contributed by atoms with Crippen molar-refractivity contribution in [3.8, 4) is 0 Å². The first-order valence-electron chi connectivity index (χ1n) is 4.99. The van der Waals surface area contributed by atoms with Crippen molar-refractivity contribution in [1.29, 1.82) is 0 Å². The van der Waals surface area contributed by atoms with Gasteiger partial charge in [-0.05, 0) is 19.1 Å². The Balaban J connectivity index is 2.37. The average Bonchev–Trinajstić information content (AvgIpc) is 2.79. The van der Waals surface area contributed by atoms with E-state index in [1.165, 1.54) is 6.21 Å². The van der Waals surface area contributed by atoms with E-state index in [4.69, 9.17) is 12.2 Å². The van der Waals surface area contributed by atoms with E-state index in [0.29, 0.717) is 0 Å². The molecule has 2 heterocycles. The maximum Gasteiger partial charge on any atom is 0.299 e. The number of halogens is 2. The normalized spacial score (nSPS) is 11.8. The Labute approximate surface area is 106 Å². The zero-order valence-corrected chi connectivity index (χ0v) is 10.4. The Morgan fingerprint density at radius 3 is 2.83 bits per heavy atom. The highest BCUT2D eigenvalue weighted by atomic mass is 32.1. The van der Waals surface area contributed by atoms with Crippen LogP contribution < -0.4 is 0 Å². The minimum Gasteiger partial charge on any atom is -0.275 e. The van der Waals surface area contributed by atoms with Crippen LogP contribution in [0.5, 0.6) is 0 Å². The van der Waals surface area contributed by atoms with Crippen molar-refractivity contribution in [3.05, 3.63) is 28.0 Å². The van der Waals surface area contributed by atoms with E-state index in [1.54, 1.807) is 24.9 Å². The molecule has 0 bridgehead atoms. The number of hydrogen-bond donors (Lipinski definition) is 1. The zero-order valence-electron chi connectivity index (χ0n) is 9.63. The minimum absolute atomic E-state index is 0.0168. The molecule has 0 aromatic carbocycles. The largest absolute Gasteiger partial charge is 0.299 e. The summed E-state index contributed by atoms with van der Waals surface area (Å²) in [4.78, 5) is 0. The fourth-order valence-electron chi connectivity index (χ4n) is 1.42. The van der Waals surface area contributed by atoms with E-state index in [9.17, 15) is 8.78 Å². The molecule has 0 radical (unpaired) electrons. The third-order valence-corrected chi connectivity index (χ3v) is 2.50. The lowest BCUT2D eigenvalue weighted by molar-refractivity contribution is 0.136. The number of alkyl halides is 2. The van der Waals surface area contributed by atoms with Crippen LogP contribution in [0.15, 0.2) is 11.3 Å². The summed E-state index contributed by atoms with van der Waals surface area (Å²) in [5.41, 5.74) is 1.47. The van der Waals surface area contributed by atoms with Crippen LogP contribution in [0.2, 0.25) is 0 Å². The van der Waals surface area contributed by atoms with E-state index in [1.807, 2.05) is 0 Å². The summed E-state index contributed by atoms with van der Waals surface area (Å²) in [6.07, 6.45) is 0.398. The molecule has 1 N–H and O–H groups in total. The van der Waals surface area contributed by atoms with Gasteiger partial charge in [0.15, 0.2) is 0 Å². The third-order valence-electron chi connectivity index (χ3n) is 2.23. The Morgan fingerprint density at radius 2 is 2.28 bits per heavy atom. The molecule has 0 saturated carbocycles. The topological polar surface area (TPSA) is 63.8 Å². The van der Waals surface area contributed by atoms with E-state index in [0.717, 1.165) is 15.9 Å². The monoisotopic (exact) mass is 272 g/mol. The van der Waals surface area contributed by atoms with Gasteiger partial charge in [-0.25, -0.2) is 13.9 Å². The number of aromatic amines is 1. The van der Waals surface area contributed by atoms with Gasteiger partial charge in [0.2, 0.25) is 10.6 Å². The molecule has 0 amide bonds. The second-order valence-corrected chi connectivity index (χ2v) is 3.97. The first-order chi connectivity index (χ1) is 8.49. The van der Waals surface area contributed by atoms with Crippen LogP contribution in [0, 0.1) is 11.7 Å². The summed E-state index contributed by atoms with van der Waals surface area (Å²) in [6, 6.07) is 0. The maximum absolute atomic E-state index is 12.6. The lowest BCUT2D eigenvalue weighted by atomic mass is 10.3. The van der Waals surface area contributed by atoms with Crippen LogP contribution in [0.25, 0.3) is 0 Å². The molecule has 2 aromatic heterocycles. The predicted octanol–water partition coefficient (Wildman–Crippen LogP) is 1.80. The van der Waals surface area contributed by atoms with Gasteiger partial charge in [0, 0.05) is 18.8 Å². The summed E-state index contributed by atoms with van der Waals surface area (Å²) in [5, 5.41) is 13.7. The van der Waals surface area contributed by atoms with Crippen LogP contribution in [0.1, 0.15) is 23.5 Å². The van der Waals surface area contributed by atoms with Crippen LogP contribution in [0.4, 0.5) is 8.78 Å². The van der Waals surface area contributed by atoms with Crippen LogP contribution in [-0.2, 0) is 7.05 Å². The second kappa shape index (κ2) is 4.77. The highest BCUT2D eigenvalue weighted by Crippen LogP contribution is 2.16. The van der Waals surface area contributed by atoms with Gasteiger partial charge in [0.25, 0.3) is 6.43 Å². The van der Waals surface area contributed by atoms with Gasteiger partial charge in [-0.3, -0.25) is 4.68 Å². The molecule has 9 heteroatoms. The molecule has 18 heavy (non-hydrogen) atoms. The fourth-order valence-corrected chi connectivity index (χ4v) is 1.61. The van der Waals surface area contributed by atoms with Gasteiger partial charge in [-0.2, -0.15) is 20.0 Å². The van der Waals surface area contributed by atoms with E-state index in [-0.39, 0.29) is 4.77 Å². The van der Waals surface area contributed by atoms with Crippen molar-refractivity contribution in [2.75, 3.05) is 0 Å². The summed E-state index contributed by atoms with van der Waals surface area (Å²) in [5.74, 6) is -0.516. The molecular weight excluding hydrogens is 262 g/mol. The second-order valence-electron chi connectivity index (χ2n) is 3.59. The van der Waals surface area contributed by atoms with Gasteiger partial charge >= 0.3 is 0 Å². The number of nitrogens with zero attached hydrogens (tertiary/aromatic N) is 5. The number of aryl methyl sites for hydroxylation is 2. The highest BCUT2D eigenvalue weighted by Gasteiger charge is 2.16. The van der Waals surface area contributed by atoms with Crippen molar-refractivity contribution in [2.24, 2.45) is 12.1 Å². The van der Waals surface area contributed by atoms with Crippen LogP contribution >= 0.6 is 12.2 Å². The molecular formula is C9H10F2N6S. The van der Waals surface area contributed by atoms with Crippen molar-refractivity contribution >= 4 is 18.4 Å². The highest BCUT2D eigenvalue weighted by molar-refractivity contribution is 7.71. The van der Waals surface area contributed by atoms with Crippen molar-refractivity contribution < 1.29 is 8.78 Å². The SMILES string of the molecule is Cc1nn(C)cc1C=Nn1c(C(F)F)n[nH]c1=S. The van der Waals surface area contributed by atoms with E-state index < -0.39 is 12.2 Å². The van der Waals surface area contributed by atoms with Gasteiger partial charge in [-0.1, -0.05) is 0 Å². The third kappa shape index (κ3) is 2.35. The molecule has 0 saturated heterocycles. The Hall–Kier alpha value is -1.90. The smallest absolute Gasteiger partial charge is 0.275 e. The number of rotatable bonds is 3. The first-order valence-corrected chi connectivity index (χ1v) is 5.40. The van der Waals surface area contributed by atoms with Crippen molar-refractivity contribution in [2.45, 2.75) is 13.3 Å². The predicted molar refractivity (Wildman–Crippen MR) is 63.3 cm³/mol. The summed E-state index contributed by atoms with van der Waals surface area (Å²) in [7, 11) is 1.76. The van der Waals surface area contributed by atoms with Gasteiger partial charge in [0.05, 0.1) is 11.9 Å². The van der Waals surface area contributed by atoms with Crippen molar-refractivity contribution in [1.82, 2.24) is 24.7 Å². The molecule has 0 atom stereocenters. The molecule has 0 unspecified atom stereocenters. The van der Waals surface area contributed by atoms with Crippen LogP contribution in [0.3, 0.4) is 0 Å². The molecule has 0 fully saturated rings. The Morgan fingerprint density at radius 1 is 1.56 bits per heavy atom. The molecule has 2 aromatic rings. The summed E-state index contributed by atoms with van der Waals surface area (Å²) in [6.45, 7) is 1.80. The Kier molecular flexibility index (Phi) is 3.32. The van der Waals surface area contributed by atoms with E-state index >= 15 is 0 Å². The molecule has 2 rings (SSSR count). The van der Waals surface area contributed by atoms with Crippen LogP contribution in [-0.4, -0.2) is 30.9 Å². The molecule has 0 spiro atoms. The lowest BCUT2D eigenvalue weighted by Crippen LogP contribution is -1.99. The lowest BCUT2D eigenvalue weighted by Gasteiger charge is -1.97. The number of H-pyrrole nitrogens is 1. The summed E-state index contributed by atoms with van der Waals surface area (Å²) < 4.78 is 27.7. The average molecular weight is 272 g/mol. The molecule has 96 valence electrons. The quantitative estimate of drug-likeness (QED) is 0.684.